The summed E-state index contributed by atoms with van der Waals surface area (Å²) < 4.78 is 5.48. The van der Waals surface area contributed by atoms with Crippen LogP contribution in [0, 0.1) is 0 Å². The second kappa shape index (κ2) is 14.8. The zero-order valence-corrected chi connectivity index (χ0v) is 23.4. The summed E-state index contributed by atoms with van der Waals surface area (Å²) in [7, 11) is 1.60. The fourth-order valence-electron chi connectivity index (χ4n) is 4.62. The highest BCUT2D eigenvalue weighted by molar-refractivity contribution is 6.32. The van der Waals surface area contributed by atoms with Gasteiger partial charge in [0.15, 0.2) is 0 Å². The third-order valence-electron chi connectivity index (χ3n) is 6.70. The lowest BCUT2D eigenvalue weighted by Crippen LogP contribution is -2.31. The van der Waals surface area contributed by atoms with Gasteiger partial charge in [-0.3, -0.25) is 0 Å². The number of halogens is 2. The van der Waals surface area contributed by atoms with Crippen molar-refractivity contribution in [2.45, 2.75) is 71.3 Å². The number of unbranched alkanes of at least 4 members (excludes halogenated alkanes) is 6. The fourth-order valence-corrected chi connectivity index (χ4v) is 4.98. The summed E-state index contributed by atoms with van der Waals surface area (Å²) in [5.41, 5.74) is 3.30. The molecule has 0 radical (unpaired) electrons. The number of hydrogen-bond acceptors (Lipinski definition) is 4. The minimum absolute atomic E-state index is 0.500. The van der Waals surface area contributed by atoms with Gasteiger partial charge in [-0.25, -0.2) is 4.98 Å². The lowest BCUT2D eigenvalue weighted by molar-refractivity contribution is 0.111. The molecule has 3 aromatic rings. The topological polar surface area (TPSA) is 45.6 Å². The van der Waals surface area contributed by atoms with Crippen LogP contribution in [0.25, 0.3) is 22.2 Å². The number of benzene rings is 2. The van der Waals surface area contributed by atoms with Crippen LogP contribution in [0.4, 0.5) is 0 Å². The summed E-state index contributed by atoms with van der Waals surface area (Å²) in [4.78, 5) is 7.29. The molecule has 1 heterocycles. The molecule has 6 heteroatoms. The number of hydrogen-bond donors (Lipinski definition) is 1. The Labute approximate surface area is 226 Å². The zero-order valence-electron chi connectivity index (χ0n) is 21.9. The molecule has 0 spiro atoms. The lowest BCUT2D eigenvalue weighted by atomic mass is 9.99. The molecule has 0 aliphatic carbocycles. The minimum Gasteiger partial charge on any atom is -0.495 e. The summed E-state index contributed by atoms with van der Waals surface area (Å²) in [6.07, 6.45) is 9.07. The number of ether oxygens (including phenoxy) is 1. The van der Waals surface area contributed by atoms with Crippen molar-refractivity contribution < 1.29 is 9.84 Å². The van der Waals surface area contributed by atoms with Gasteiger partial charge >= 0.3 is 0 Å². The van der Waals surface area contributed by atoms with Crippen LogP contribution in [0.15, 0.2) is 42.5 Å². The van der Waals surface area contributed by atoms with Crippen LogP contribution >= 0.6 is 23.2 Å². The van der Waals surface area contributed by atoms with Crippen LogP contribution in [0.5, 0.6) is 5.75 Å². The molecule has 4 nitrogen and oxygen atoms in total. The summed E-state index contributed by atoms with van der Waals surface area (Å²) in [6.45, 7) is 7.07. The zero-order chi connectivity index (χ0) is 25.9. The number of pyridine rings is 1. The monoisotopic (exact) mass is 530 g/mol. The van der Waals surface area contributed by atoms with E-state index in [9.17, 15) is 5.11 Å². The van der Waals surface area contributed by atoms with Crippen molar-refractivity contribution in [3.05, 3.63) is 58.1 Å². The van der Waals surface area contributed by atoms with Gasteiger partial charge in [-0.1, -0.05) is 87.7 Å². The first-order chi connectivity index (χ1) is 17.5. The van der Waals surface area contributed by atoms with Crippen molar-refractivity contribution in [3.63, 3.8) is 0 Å². The van der Waals surface area contributed by atoms with Gasteiger partial charge in [0.05, 0.1) is 29.4 Å². The molecule has 1 N–H and O–H groups in total. The Hall–Kier alpha value is -1.85. The number of nitrogens with zero attached hydrogens (tertiary/aromatic N) is 2. The van der Waals surface area contributed by atoms with E-state index in [2.05, 4.69) is 18.7 Å². The largest absolute Gasteiger partial charge is 0.495 e. The Morgan fingerprint density at radius 1 is 0.889 bits per heavy atom. The van der Waals surface area contributed by atoms with Crippen LogP contribution in [0.3, 0.4) is 0 Å². The quantitative estimate of drug-likeness (QED) is 0.199. The summed E-state index contributed by atoms with van der Waals surface area (Å²) in [5, 5.41) is 13.6. The number of aliphatic hydroxyl groups excluding tert-OH is 1. The van der Waals surface area contributed by atoms with Crippen LogP contribution in [-0.4, -0.2) is 41.7 Å². The molecule has 1 aromatic heterocycles. The smallest absolute Gasteiger partial charge is 0.138 e. The third-order valence-corrected chi connectivity index (χ3v) is 7.25. The highest BCUT2D eigenvalue weighted by Crippen LogP contribution is 2.35. The molecule has 1 atom stereocenters. The predicted octanol–water partition coefficient (Wildman–Crippen LogP) is 8.71. The maximum absolute atomic E-state index is 11.6. The van der Waals surface area contributed by atoms with Gasteiger partial charge in [0.25, 0.3) is 0 Å². The number of aliphatic hydroxyl groups is 1. The SMILES string of the molecule is CCCCCCN(CCCCCC)CC(O)c1cc(-c2ccc(Cl)cc2)nc2cc(Cl)c(OC)cc12. The van der Waals surface area contributed by atoms with E-state index in [1.54, 1.807) is 7.11 Å². The highest BCUT2D eigenvalue weighted by Gasteiger charge is 2.20. The highest BCUT2D eigenvalue weighted by atomic mass is 35.5. The van der Waals surface area contributed by atoms with Crippen LogP contribution in [0.1, 0.15) is 76.9 Å². The second-order valence-corrected chi connectivity index (χ2v) is 10.4. The normalized spacial score (nSPS) is 12.4. The number of methoxy groups -OCH3 is 1. The van der Waals surface area contributed by atoms with Gasteiger partial charge < -0.3 is 14.7 Å². The average Bonchev–Trinajstić information content (AvgIpc) is 2.88. The first-order valence-electron chi connectivity index (χ1n) is 13.3. The maximum atomic E-state index is 11.6. The van der Waals surface area contributed by atoms with E-state index in [1.807, 2.05) is 42.5 Å². The number of rotatable bonds is 15. The molecule has 0 amide bonds. The summed E-state index contributed by atoms with van der Waals surface area (Å²) in [6, 6.07) is 13.3. The third kappa shape index (κ3) is 8.08. The van der Waals surface area contributed by atoms with Crippen LogP contribution < -0.4 is 4.74 Å². The molecule has 36 heavy (non-hydrogen) atoms. The van der Waals surface area contributed by atoms with E-state index in [4.69, 9.17) is 32.9 Å². The molecule has 196 valence electrons. The summed E-state index contributed by atoms with van der Waals surface area (Å²) >= 11 is 12.6. The van der Waals surface area contributed by atoms with Crippen molar-refractivity contribution in [1.29, 1.82) is 0 Å². The first-order valence-corrected chi connectivity index (χ1v) is 14.1. The number of aromatic nitrogens is 1. The first kappa shape index (κ1) is 28.7. The van der Waals surface area contributed by atoms with E-state index in [0.29, 0.717) is 22.3 Å². The second-order valence-electron chi connectivity index (χ2n) is 9.55. The van der Waals surface area contributed by atoms with E-state index in [1.165, 1.54) is 38.5 Å². The lowest BCUT2D eigenvalue weighted by Gasteiger charge is -2.26. The Bertz CT molecular complexity index is 1080. The van der Waals surface area contributed by atoms with Gasteiger partial charge in [0, 0.05) is 22.5 Å². The van der Waals surface area contributed by atoms with E-state index in [-0.39, 0.29) is 0 Å². The van der Waals surface area contributed by atoms with Crippen molar-refractivity contribution in [2.75, 3.05) is 26.7 Å². The Kier molecular flexibility index (Phi) is 11.8. The Morgan fingerprint density at radius 3 is 2.11 bits per heavy atom. The molecular formula is C30H40Cl2N2O2. The summed E-state index contributed by atoms with van der Waals surface area (Å²) in [5.74, 6) is 0.578. The molecule has 0 aliphatic rings. The molecule has 3 rings (SSSR count). The van der Waals surface area contributed by atoms with Crippen molar-refractivity contribution in [3.8, 4) is 17.0 Å². The minimum atomic E-state index is -0.662. The Balaban J connectivity index is 1.94. The van der Waals surface area contributed by atoms with Crippen LogP contribution in [-0.2, 0) is 0 Å². The number of fused-ring (bicyclic) bond motifs is 1. The van der Waals surface area contributed by atoms with E-state index in [0.717, 1.165) is 53.7 Å². The average molecular weight is 532 g/mol. The molecule has 1 unspecified atom stereocenters. The fraction of sp³-hybridized carbons (Fsp3) is 0.500. The van der Waals surface area contributed by atoms with Crippen molar-refractivity contribution >= 4 is 34.1 Å². The Morgan fingerprint density at radius 2 is 1.53 bits per heavy atom. The van der Waals surface area contributed by atoms with Crippen molar-refractivity contribution in [1.82, 2.24) is 9.88 Å². The van der Waals surface area contributed by atoms with E-state index < -0.39 is 6.10 Å². The van der Waals surface area contributed by atoms with Gasteiger partial charge in [-0.2, -0.15) is 0 Å². The van der Waals surface area contributed by atoms with E-state index >= 15 is 0 Å². The maximum Gasteiger partial charge on any atom is 0.138 e. The van der Waals surface area contributed by atoms with Gasteiger partial charge in [-0.15, -0.1) is 0 Å². The molecular weight excluding hydrogens is 491 g/mol. The molecule has 0 bridgehead atoms. The molecule has 0 fully saturated rings. The standard InChI is InChI=1S/C30H40Cl2N2O2/c1-4-6-8-10-16-34(17-11-9-7-5-2)21-29(35)25-18-27(22-12-14-23(31)15-13-22)33-28-20-26(32)30(36-3)19-24(25)28/h12-15,18-20,29,35H,4-11,16-17,21H2,1-3H3. The van der Waals surface area contributed by atoms with Gasteiger partial charge in [-0.05, 0) is 61.8 Å². The van der Waals surface area contributed by atoms with Crippen LogP contribution in [0.2, 0.25) is 10.0 Å². The van der Waals surface area contributed by atoms with Gasteiger partial charge in [0.1, 0.15) is 5.75 Å². The predicted molar refractivity (Wildman–Crippen MR) is 153 cm³/mol. The molecule has 0 aliphatic heterocycles. The van der Waals surface area contributed by atoms with Crippen molar-refractivity contribution in [2.24, 2.45) is 0 Å². The van der Waals surface area contributed by atoms with Gasteiger partial charge in [0.2, 0.25) is 0 Å². The molecule has 0 saturated heterocycles. The molecule has 0 saturated carbocycles. The molecule has 2 aromatic carbocycles.